The Morgan fingerprint density at radius 2 is 1.92 bits per heavy atom. The Morgan fingerprint density at radius 3 is 2.71 bits per heavy atom. The first kappa shape index (κ1) is 16.8. The zero-order chi connectivity index (χ0) is 17.0. The van der Waals surface area contributed by atoms with Crippen LogP contribution < -0.4 is 5.84 Å². The van der Waals surface area contributed by atoms with E-state index in [4.69, 9.17) is 5.84 Å². The summed E-state index contributed by atoms with van der Waals surface area (Å²) in [6.07, 6.45) is 13.5. The van der Waals surface area contributed by atoms with Gasteiger partial charge < -0.3 is 16.1 Å². The van der Waals surface area contributed by atoms with Crippen LogP contribution in [0, 0.1) is 28.6 Å². The van der Waals surface area contributed by atoms with Crippen LogP contribution in [0.3, 0.4) is 0 Å². The van der Waals surface area contributed by atoms with Crippen LogP contribution in [-0.2, 0) is 0 Å². The molecule has 4 fully saturated rings. The van der Waals surface area contributed by atoms with Crippen molar-refractivity contribution in [1.29, 1.82) is 0 Å². The van der Waals surface area contributed by atoms with Gasteiger partial charge in [-0.3, -0.25) is 0 Å². The molecule has 7 atom stereocenters. The molecule has 24 heavy (non-hydrogen) atoms. The topological polar surface area (TPSA) is 78.8 Å². The fraction of sp³-hybridized carbons (Fsp3) is 0.950. The normalized spacial score (nSPS) is 54.3. The molecule has 0 unspecified atom stereocenters. The summed E-state index contributed by atoms with van der Waals surface area (Å²) in [7, 11) is 0. The Hall–Kier alpha value is -0.610. The monoisotopic (exact) mass is 334 g/mol. The number of nitrogens with zero attached hydrogens (tertiary/aromatic N) is 1. The van der Waals surface area contributed by atoms with Gasteiger partial charge in [0.05, 0.1) is 11.7 Å². The molecule has 0 bridgehead atoms. The van der Waals surface area contributed by atoms with Gasteiger partial charge in [-0.25, -0.2) is 0 Å². The van der Waals surface area contributed by atoms with Crippen LogP contribution in [0.2, 0.25) is 0 Å². The maximum Gasteiger partial charge on any atom is 0.0738 e. The zero-order valence-corrected chi connectivity index (χ0v) is 15.1. The fourth-order valence-electron chi connectivity index (χ4n) is 7.62. The van der Waals surface area contributed by atoms with Crippen molar-refractivity contribution in [1.82, 2.24) is 0 Å². The predicted octanol–water partition coefficient (Wildman–Crippen LogP) is 3.21. The lowest BCUT2D eigenvalue weighted by Crippen LogP contribution is -2.62. The van der Waals surface area contributed by atoms with Crippen LogP contribution >= 0.6 is 0 Å². The van der Waals surface area contributed by atoms with Gasteiger partial charge in [-0.2, -0.15) is 5.10 Å². The second-order valence-electron chi connectivity index (χ2n) is 9.55. The Bertz CT molecular complexity index is 524. The zero-order valence-electron chi connectivity index (χ0n) is 15.1. The maximum absolute atomic E-state index is 11.9. The molecule has 136 valence electrons. The Balaban J connectivity index is 1.65. The number of nitrogens with two attached hydrogens (primary N) is 1. The van der Waals surface area contributed by atoms with Gasteiger partial charge in [0.2, 0.25) is 0 Å². The molecule has 0 aromatic heterocycles. The molecule has 0 spiro atoms. The third-order valence-electron chi connectivity index (χ3n) is 8.93. The first-order valence-corrected chi connectivity index (χ1v) is 10.1. The molecule has 0 saturated heterocycles. The third-order valence-corrected chi connectivity index (χ3v) is 8.93. The van der Waals surface area contributed by atoms with Crippen molar-refractivity contribution in [3.63, 3.8) is 0 Å². The van der Waals surface area contributed by atoms with E-state index in [0.717, 1.165) is 57.8 Å². The van der Waals surface area contributed by atoms with Crippen LogP contribution in [0.5, 0.6) is 0 Å². The van der Waals surface area contributed by atoms with Gasteiger partial charge in [-0.15, -0.1) is 0 Å². The summed E-state index contributed by atoms with van der Waals surface area (Å²) in [4.78, 5) is 0. The van der Waals surface area contributed by atoms with Crippen molar-refractivity contribution in [2.24, 2.45) is 39.5 Å². The lowest BCUT2D eigenvalue weighted by molar-refractivity contribution is -0.205. The van der Waals surface area contributed by atoms with E-state index in [1.165, 1.54) is 12.8 Å². The Morgan fingerprint density at radius 1 is 1.08 bits per heavy atom. The quantitative estimate of drug-likeness (QED) is 0.412. The summed E-state index contributed by atoms with van der Waals surface area (Å²) >= 11 is 0. The van der Waals surface area contributed by atoms with Crippen LogP contribution in [-0.4, -0.2) is 28.1 Å². The fourth-order valence-corrected chi connectivity index (χ4v) is 7.62. The molecule has 4 heteroatoms. The van der Waals surface area contributed by atoms with Gasteiger partial charge in [0, 0.05) is 11.6 Å². The van der Waals surface area contributed by atoms with Gasteiger partial charge in [-0.1, -0.05) is 6.92 Å². The van der Waals surface area contributed by atoms with Gasteiger partial charge in [-0.05, 0) is 93.8 Å². The highest BCUT2D eigenvalue weighted by Crippen LogP contribution is 2.68. The molecule has 0 amide bonds. The van der Waals surface area contributed by atoms with Gasteiger partial charge in [0.15, 0.2) is 0 Å². The maximum atomic E-state index is 11.9. The van der Waals surface area contributed by atoms with Crippen LogP contribution in [0.15, 0.2) is 5.10 Å². The lowest BCUT2D eigenvalue weighted by atomic mass is 9.43. The molecule has 0 aromatic rings. The van der Waals surface area contributed by atoms with Gasteiger partial charge >= 0.3 is 0 Å². The summed E-state index contributed by atoms with van der Waals surface area (Å²) in [5, 5.41) is 25.8. The second kappa shape index (κ2) is 5.70. The van der Waals surface area contributed by atoms with Gasteiger partial charge in [0.25, 0.3) is 0 Å². The number of hydrogen-bond acceptors (Lipinski definition) is 4. The minimum absolute atomic E-state index is 0.00835. The first-order chi connectivity index (χ1) is 11.5. The second-order valence-corrected chi connectivity index (χ2v) is 9.55. The highest BCUT2D eigenvalue weighted by molar-refractivity contribution is 5.58. The Kier molecular flexibility index (Phi) is 4.00. The first-order valence-electron chi connectivity index (χ1n) is 10.1. The summed E-state index contributed by atoms with van der Waals surface area (Å²) in [6.45, 7) is 2.47. The number of aliphatic hydroxyl groups is 2. The standard InChI is InChI=1S/C20H34N2O2/c1-18-9-5-15(23)13-14(18)3-4-17-16(18)6-10-19(11-12-22-21)7-2-8-20(17,19)24/h12,14-17,23-24H,2-11,13,21H2,1H3/t14-,15+,16+,17-,18+,19+,20+/m1/s1. The highest BCUT2D eigenvalue weighted by atomic mass is 16.3. The summed E-state index contributed by atoms with van der Waals surface area (Å²) in [5.74, 6) is 7.08. The van der Waals surface area contributed by atoms with E-state index in [1.807, 2.05) is 6.21 Å². The van der Waals surface area contributed by atoms with Crippen molar-refractivity contribution in [3.05, 3.63) is 0 Å². The summed E-state index contributed by atoms with van der Waals surface area (Å²) < 4.78 is 0. The summed E-state index contributed by atoms with van der Waals surface area (Å²) in [6, 6.07) is 0. The van der Waals surface area contributed by atoms with E-state index in [2.05, 4.69) is 12.0 Å². The highest BCUT2D eigenvalue weighted by Gasteiger charge is 2.65. The minimum atomic E-state index is -0.527. The molecule has 0 aromatic carbocycles. The van der Waals surface area contributed by atoms with Crippen molar-refractivity contribution >= 4 is 6.21 Å². The van der Waals surface area contributed by atoms with E-state index >= 15 is 0 Å². The SMILES string of the molecule is C[C@]12CC[C@H](O)C[C@H]1CC[C@@H]1[C@@H]2CC[C@]2(CC=NN)CCC[C@]12O. The van der Waals surface area contributed by atoms with E-state index < -0.39 is 5.60 Å². The van der Waals surface area contributed by atoms with Crippen LogP contribution in [0.25, 0.3) is 0 Å². The summed E-state index contributed by atoms with van der Waals surface area (Å²) in [5.41, 5.74) is -0.204. The lowest BCUT2D eigenvalue weighted by Gasteiger charge is -2.63. The predicted molar refractivity (Wildman–Crippen MR) is 95.4 cm³/mol. The molecule has 4 rings (SSSR count). The molecular weight excluding hydrogens is 300 g/mol. The van der Waals surface area contributed by atoms with Crippen LogP contribution in [0.4, 0.5) is 0 Å². The van der Waals surface area contributed by atoms with Crippen molar-refractivity contribution in [2.75, 3.05) is 0 Å². The molecule has 4 saturated carbocycles. The molecule has 0 radical (unpaired) electrons. The molecule has 4 aliphatic carbocycles. The number of aliphatic hydroxyl groups excluding tert-OH is 1. The average Bonchev–Trinajstić information content (AvgIpc) is 2.91. The molecule has 0 heterocycles. The molecule has 0 aliphatic heterocycles. The smallest absolute Gasteiger partial charge is 0.0738 e. The molecular formula is C20H34N2O2. The Labute approximate surface area is 145 Å². The van der Waals surface area contributed by atoms with E-state index in [1.54, 1.807) is 0 Å². The van der Waals surface area contributed by atoms with Gasteiger partial charge in [0.1, 0.15) is 0 Å². The third kappa shape index (κ3) is 2.14. The number of hydrazone groups is 1. The number of hydrogen-bond donors (Lipinski definition) is 3. The van der Waals surface area contributed by atoms with Crippen molar-refractivity contribution in [3.8, 4) is 0 Å². The molecule has 4 N–H and O–H groups in total. The van der Waals surface area contributed by atoms with E-state index in [-0.39, 0.29) is 11.5 Å². The van der Waals surface area contributed by atoms with E-state index in [0.29, 0.717) is 23.2 Å². The van der Waals surface area contributed by atoms with Crippen LogP contribution in [0.1, 0.15) is 77.6 Å². The van der Waals surface area contributed by atoms with Crippen molar-refractivity contribution in [2.45, 2.75) is 89.3 Å². The largest absolute Gasteiger partial charge is 0.393 e. The number of fused-ring (bicyclic) bond motifs is 5. The minimum Gasteiger partial charge on any atom is -0.393 e. The molecule has 4 nitrogen and oxygen atoms in total. The van der Waals surface area contributed by atoms with E-state index in [9.17, 15) is 10.2 Å². The van der Waals surface area contributed by atoms with Crippen molar-refractivity contribution < 1.29 is 10.2 Å². The average molecular weight is 335 g/mol. The molecule has 4 aliphatic rings. The number of rotatable bonds is 2.